The summed E-state index contributed by atoms with van der Waals surface area (Å²) in [6, 6.07) is 6.15. The number of carbonyl (C=O) groups is 1. The fraction of sp³-hybridized carbons (Fsp3) is 0.364. The summed E-state index contributed by atoms with van der Waals surface area (Å²) in [5.41, 5.74) is 2.23. The van der Waals surface area contributed by atoms with Crippen molar-refractivity contribution < 1.29 is 4.79 Å². The lowest BCUT2D eigenvalue weighted by Gasteiger charge is -2.28. The van der Waals surface area contributed by atoms with Crippen LogP contribution in [0.1, 0.15) is 5.56 Å². The van der Waals surface area contributed by atoms with Crippen LogP contribution in [0.2, 0.25) is 0 Å². The maximum atomic E-state index is 11.6. The van der Waals surface area contributed by atoms with Crippen molar-refractivity contribution in [1.29, 1.82) is 0 Å². The first-order chi connectivity index (χ1) is 7.22. The number of alkyl halides is 1. The molecule has 0 fully saturated rings. The van der Waals surface area contributed by atoms with Crippen molar-refractivity contribution in [1.82, 2.24) is 0 Å². The minimum absolute atomic E-state index is 0.0120. The van der Waals surface area contributed by atoms with Crippen molar-refractivity contribution in [2.24, 2.45) is 0 Å². The number of anilines is 1. The summed E-state index contributed by atoms with van der Waals surface area (Å²) in [7, 11) is 0. The molecule has 0 N–H and O–H groups in total. The third-order valence-corrected chi connectivity index (χ3v) is 3.65. The molecule has 0 atom stereocenters. The minimum atomic E-state index is -0.0120. The second-order valence-corrected chi connectivity index (χ2v) is 4.90. The average Bonchev–Trinajstić information content (AvgIpc) is 2.26. The van der Waals surface area contributed by atoms with Gasteiger partial charge < -0.3 is 4.90 Å². The molecular weight excluding hydrogens is 230 g/mol. The fourth-order valence-corrected chi connectivity index (χ4v) is 2.89. The second-order valence-electron chi connectivity index (χ2n) is 3.50. The summed E-state index contributed by atoms with van der Waals surface area (Å²) in [6.45, 7) is 2.81. The molecule has 0 bridgehead atoms. The molecule has 1 amide bonds. The molecule has 15 heavy (non-hydrogen) atoms. The fourth-order valence-electron chi connectivity index (χ4n) is 1.66. The van der Waals surface area contributed by atoms with Crippen molar-refractivity contribution in [2.75, 3.05) is 23.1 Å². The summed E-state index contributed by atoms with van der Waals surface area (Å²) < 4.78 is 0. The zero-order chi connectivity index (χ0) is 10.8. The van der Waals surface area contributed by atoms with Crippen molar-refractivity contribution in [3.8, 4) is 0 Å². The topological polar surface area (TPSA) is 20.3 Å². The number of hydrogen-bond donors (Lipinski definition) is 0. The second kappa shape index (κ2) is 4.45. The van der Waals surface area contributed by atoms with E-state index >= 15 is 0 Å². The van der Waals surface area contributed by atoms with E-state index in [0.717, 1.165) is 18.0 Å². The van der Waals surface area contributed by atoms with Gasteiger partial charge in [0.1, 0.15) is 5.88 Å². The molecule has 4 heteroatoms. The van der Waals surface area contributed by atoms with Gasteiger partial charge in [0.05, 0.1) is 5.69 Å². The summed E-state index contributed by atoms with van der Waals surface area (Å²) in [5.74, 6) is 0.985. The van der Waals surface area contributed by atoms with Gasteiger partial charge in [0.2, 0.25) is 5.91 Å². The van der Waals surface area contributed by atoms with Crippen LogP contribution in [0.3, 0.4) is 0 Å². The van der Waals surface area contributed by atoms with Gasteiger partial charge in [0.15, 0.2) is 0 Å². The number of halogens is 1. The zero-order valence-corrected chi connectivity index (χ0v) is 10.1. The smallest absolute Gasteiger partial charge is 0.241 e. The van der Waals surface area contributed by atoms with Gasteiger partial charge in [-0.2, -0.15) is 0 Å². The predicted molar refractivity (Wildman–Crippen MR) is 65.0 cm³/mol. The van der Waals surface area contributed by atoms with Gasteiger partial charge in [0.25, 0.3) is 0 Å². The SMILES string of the molecule is Cc1ccc2c(c1)SCCN2C(=O)CCl. The maximum Gasteiger partial charge on any atom is 0.241 e. The van der Waals surface area contributed by atoms with Crippen LogP contribution >= 0.6 is 23.4 Å². The highest BCUT2D eigenvalue weighted by atomic mass is 35.5. The molecule has 0 aliphatic carbocycles. The number of thioether (sulfide) groups is 1. The molecular formula is C11H12ClNOS. The summed E-state index contributed by atoms with van der Waals surface area (Å²) >= 11 is 7.38. The number of aryl methyl sites for hydroxylation is 1. The van der Waals surface area contributed by atoms with E-state index in [0.29, 0.717) is 0 Å². The van der Waals surface area contributed by atoms with Gasteiger partial charge in [-0.25, -0.2) is 0 Å². The lowest BCUT2D eigenvalue weighted by atomic mass is 10.2. The summed E-state index contributed by atoms with van der Waals surface area (Å²) in [6.07, 6.45) is 0. The Kier molecular flexibility index (Phi) is 3.22. The standard InChI is InChI=1S/C11H12ClNOS/c1-8-2-3-9-10(6-8)15-5-4-13(9)11(14)7-12/h2-3,6H,4-5,7H2,1H3. The average molecular weight is 242 g/mol. The van der Waals surface area contributed by atoms with Gasteiger partial charge in [-0.15, -0.1) is 23.4 Å². The number of rotatable bonds is 1. The molecule has 0 saturated carbocycles. The largest absolute Gasteiger partial charge is 0.309 e. The minimum Gasteiger partial charge on any atom is -0.309 e. The highest BCUT2D eigenvalue weighted by Gasteiger charge is 2.21. The number of hydrogen-bond acceptors (Lipinski definition) is 2. The number of amides is 1. The van der Waals surface area contributed by atoms with Crippen LogP contribution in [0.25, 0.3) is 0 Å². The van der Waals surface area contributed by atoms with Crippen LogP contribution in [0.15, 0.2) is 23.1 Å². The monoisotopic (exact) mass is 241 g/mol. The molecule has 0 aromatic heterocycles. The molecule has 80 valence electrons. The Hall–Kier alpha value is -0.670. The van der Waals surface area contributed by atoms with Gasteiger partial charge in [0, 0.05) is 17.2 Å². The summed E-state index contributed by atoms with van der Waals surface area (Å²) in [5, 5.41) is 0. The highest BCUT2D eigenvalue weighted by molar-refractivity contribution is 7.99. The molecule has 0 radical (unpaired) electrons. The molecule has 2 nitrogen and oxygen atoms in total. The van der Waals surface area contributed by atoms with E-state index in [1.54, 1.807) is 16.7 Å². The first-order valence-corrected chi connectivity index (χ1v) is 6.34. The van der Waals surface area contributed by atoms with Gasteiger partial charge in [-0.1, -0.05) is 6.07 Å². The van der Waals surface area contributed by atoms with E-state index in [2.05, 4.69) is 13.0 Å². The number of fused-ring (bicyclic) bond motifs is 1. The Morgan fingerprint density at radius 2 is 2.40 bits per heavy atom. The Morgan fingerprint density at radius 1 is 1.60 bits per heavy atom. The van der Waals surface area contributed by atoms with Crippen molar-refractivity contribution in [3.05, 3.63) is 23.8 Å². The molecule has 1 aliphatic heterocycles. The van der Waals surface area contributed by atoms with E-state index in [9.17, 15) is 4.79 Å². The van der Waals surface area contributed by atoms with Crippen molar-refractivity contribution in [3.63, 3.8) is 0 Å². The summed E-state index contributed by atoms with van der Waals surface area (Å²) in [4.78, 5) is 14.6. The van der Waals surface area contributed by atoms with Crippen LogP contribution < -0.4 is 4.90 Å². The van der Waals surface area contributed by atoms with Crippen LogP contribution in [0, 0.1) is 6.92 Å². The van der Waals surface area contributed by atoms with Gasteiger partial charge >= 0.3 is 0 Å². The Balaban J connectivity index is 2.38. The van der Waals surface area contributed by atoms with Gasteiger partial charge in [-0.05, 0) is 24.6 Å². The Morgan fingerprint density at radius 3 is 3.13 bits per heavy atom. The lowest BCUT2D eigenvalue weighted by molar-refractivity contribution is -0.116. The Bertz CT molecular complexity index is 394. The third-order valence-electron chi connectivity index (χ3n) is 2.39. The van der Waals surface area contributed by atoms with Crippen molar-refractivity contribution in [2.45, 2.75) is 11.8 Å². The number of benzene rings is 1. The lowest BCUT2D eigenvalue weighted by Crippen LogP contribution is -2.36. The first kappa shape index (κ1) is 10.8. The van der Waals surface area contributed by atoms with Crippen LogP contribution in [0.5, 0.6) is 0 Å². The van der Waals surface area contributed by atoms with E-state index < -0.39 is 0 Å². The van der Waals surface area contributed by atoms with Crippen molar-refractivity contribution >= 4 is 35.0 Å². The molecule has 0 saturated heterocycles. The normalized spacial score (nSPS) is 14.9. The van der Waals surface area contributed by atoms with Crippen LogP contribution in [0.4, 0.5) is 5.69 Å². The van der Waals surface area contributed by atoms with E-state index in [4.69, 9.17) is 11.6 Å². The quantitative estimate of drug-likeness (QED) is 0.705. The zero-order valence-electron chi connectivity index (χ0n) is 8.50. The number of carbonyl (C=O) groups excluding carboxylic acids is 1. The van der Waals surface area contributed by atoms with Crippen LogP contribution in [-0.2, 0) is 4.79 Å². The predicted octanol–water partition coefficient (Wildman–Crippen LogP) is 2.67. The number of nitrogens with zero attached hydrogens (tertiary/aromatic N) is 1. The third kappa shape index (κ3) is 2.13. The van der Waals surface area contributed by atoms with E-state index in [1.807, 2.05) is 12.1 Å². The molecule has 1 aliphatic rings. The van der Waals surface area contributed by atoms with E-state index in [1.165, 1.54) is 10.5 Å². The Labute approximate surface area is 98.6 Å². The molecule has 1 heterocycles. The molecule has 0 unspecified atom stereocenters. The van der Waals surface area contributed by atoms with E-state index in [-0.39, 0.29) is 11.8 Å². The maximum absolute atomic E-state index is 11.6. The molecule has 1 aromatic rings. The van der Waals surface area contributed by atoms with Crippen LogP contribution in [-0.4, -0.2) is 24.1 Å². The molecule has 2 rings (SSSR count). The molecule has 1 aromatic carbocycles. The first-order valence-electron chi connectivity index (χ1n) is 4.82. The highest BCUT2D eigenvalue weighted by Crippen LogP contribution is 2.35. The molecule has 0 spiro atoms. The van der Waals surface area contributed by atoms with Gasteiger partial charge in [-0.3, -0.25) is 4.79 Å².